The zero-order valence-electron chi connectivity index (χ0n) is 17.0. The van der Waals surface area contributed by atoms with Crippen LogP contribution in [0.5, 0.6) is 11.5 Å². The Hall–Kier alpha value is -3.27. The second-order valence-electron chi connectivity index (χ2n) is 6.70. The van der Waals surface area contributed by atoms with Crippen LogP contribution in [0.4, 0.5) is 0 Å². The zero-order valence-corrected chi connectivity index (χ0v) is 17.0. The van der Waals surface area contributed by atoms with Crippen molar-refractivity contribution in [2.75, 3.05) is 13.7 Å². The maximum absolute atomic E-state index is 5.88. The second kappa shape index (κ2) is 10.9. The number of benzene rings is 3. The van der Waals surface area contributed by atoms with Crippen LogP contribution in [0.2, 0.25) is 0 Å². The van der Waals surface area contributed by atoms with Gasteiger partial charge in [-0.3, -0.25) is 0 Å². The molecular weight excluding hydrogens is 362 g/mol. The van der Waals surface area contributed by atoms with Gasteiger partial charge in [-0.25, -0.2) is 0 Å². The first-order valence-electron chi connectivity index (χ1n) is 9.87. The monoisotopic (exact) mass is 389 g/mol. The molecule has 150 valence electrons. The molecule has 0 aliphatic heterocycles. The number of ether oxygens (including phenoxy) is 2. The van der Waals surface area contributed by atoms with E-state index in [1.54, 1.807) is 0 Å². The summed E-state index contributed by atoms with van der Waals surface area (Å²) in [5.41, 5.74) is 4.15. The van der Waals surface area contributed by atoms with Gasteiger partial charge in [-0.15, -0.1) is 0 Å². The minimum Gasteiger partial charge on any atom is -0.489 e. The number of rotatable bonds is 10. The van der Waals surface area contributed by atoms with Crippen LogP contribution in [0.3, 0.4) is 0 Å². The molecule has 0 aromatic heterocycles. The van der Waals surface area contributed by atoms with Gasteiger partial charge in [0.2, 0.25) is 0 Å². The fourth-order valence-electron chi connectivity index (χ4n) is 2.94. The maximum Gasteiger partial charge on any atom is 0.134 e. The Morgan fingerprint density at radius 1 is 0.759 bits per heavy atom. The Morgan fingerprint density at radius 3 is 2.00 bits per heavy atom. The van der Waals surface area contributed by atoms with E-state index in [2.05, 4.69) is 24.2 Å². The Balaban J connectivity index is 1.52. The summed E-state index contributed by atoms with van der Waals surface area (Å²) < 4.78 is 11.8. The van der Waals surface area contributed by atoms with Crippen molar-refractivity contribution in [1.82, 2.24) is 0 Å². The van der Waals surface area contributed by atoms with Crippen molar-refractivity contribution in [3.05, 3.63) is 95.6 Å². The summed E-state index contributed by atoms with van der Waals surface area (Å²) in [6.45, 7) is 3.04. The van der Waals surface area contributed by atoms with Gasteiger partial charge in [0.1, 0.15) is 37.5 Å². The van der Waals surface area contributed by atoms with Crippen LogP contribution in [-0.4, -0.2) is 19.4 Å². The minimum atomic E-state index is 0.331. The van der Waals surface area contributed by atoms with Crippen LogP contribution in [0.1, 0.15) is 30.0 Å². The van der Waals surface area contributed by atoms with E-state index in [1.165, 1.54) is 12.7 Å². The standard InChI is InChI=1S/C25H27NO3/c1-3-7-20-10-14-23(15-11-20)28-18-21-12-16-24(17-13-21)29-19-25(26-27-2)22-8-5-4-6-9-22/h4-6,8-17H,3,7,18-19H2,1-2H3/b26-25-. The first kappa shape index (κ1) is 20.5. The summed E-state index contributed by atoms with van der Waals surface area (Å²) in [6.07, 6.45) is 2.25. The van der Waals surface area contributed by atoms with Gasteiger partial charge in [0.15, 0.2) is 0 Å². The highest BCUT2D eigenvalue weighted by Crippen LogP contribution is 2.17. The summed E-state index contributed by atoms with van der Waals surface area (Å²) in [5.74, 6) is 1.66. The molecular formula is C25H27NO3. The number of hydrogen-bond donors (Lipinski definition) is 0. The highest BCUT2D eigenvalue weighted by molar-refractivity contribution is 6.01. The molecule has 0 bridgehead atoms. The average molecular weight is 389 g/mol. The lowest BCUT2D eigenvalue weighted by Crippen LogP contribution is -2.13. The SMILES string of the molecule is CCCc1ccc(OCc2ccc(OC/C(=N/OC)c3ccccc3)cc2)cc1. The predicted molar refractivity (Wildman–Crippen MR) is 117 cm³/mol. The highest BCUT2D eigenvalue weighted by atomic mass is 16.6. The van der Waals surface area contributed by atoms with E-state index in [-0.39, 0.29) is 0 Å². The predicted octanol–water partition coefficient (Wildman–Crippen LogP) is 5.65. The summed E-state index contributed by atoms with van der Waals surface area (Å²) in [4.78, 5) is 4.95. The molecule has 3 aromatic carbocycles. The van der Waals surface area contributed by atoms with Crippen molar-refractivity contribution in [3.8, 4) is 11.5 Å². The number of nitrogens with zero attached hydrogens (tertiary/aromatic N) is 1. The number of oxime groups is 1. The van der Waals surface area contributed by atoms with E-state index in [0.29, 0.717) is 13.2 Å². The average Bonchev–Trinajstić information content (AvgIpc) is 2.78. The molecule has 0 saturated heterocycles. The third kappa shape index (κ3) is 6.39. The van der Waals surface area contributed by atoms with Crippen LogP contribution >= 0.6 is 0 Å². The normalized spacial score (nSPS) is 11.2. The van der Waals surface area contributed by atoms with E-state index in [0.717, 1.165) is 41.2 Å². The third-order valence-electron chi connectivity index (χ3n) is 4.47. The van der Waals surface area contributed by atoms with E-state index >= 15 is 0 Å². The van der Waals surface area contributed by atoms with Gasteiger partial charge >= 0.3 is 0 Å². The third-order valence-corrected chi connectivity index (χ3v) is 4.47. The smallest absolute Gasteiger partial charge is 0.134 e. The lowest BCUT2D eigenvalue weighted by Gasteiger charge is -2.10. The Morgan fingerprint density at radius 2 is 1.38 bits per heavy atom. The molecule has 0 radical (unpaired) electrons. The summed E-state index contributed by atoms with van der Waals surface area (Å²) in [5, 5.41) is 4.08. The molecule has 3 aromatic rings. The molecule has 0 aliphatic rings. The van der Waals surface area contributed by atoms with Crippen molar-refractivity contribution in [2.45, 2.75) is 26.4 Å². The Labute approximate surface area is 172 Å². The van der Waals surface area contributed by atoms with Gasteiger partial charge in [0.25, 0.3) is 0 Å². The fraction of sp³-hybridized carbons (Fsp3) is 0.240. The minimum absolute atomic E-state index is 0.331. The maximum atomic E-state index is 5.88. The van der Waals surface area contributed by atoms with Crippen molar-refractivity contribution in [3.63, 3.8) is 0 Å². The molecule has 0 amide bonds. The molecule has 0 heterocycles. The molecule has 4 heteroatoms. The van der Waals surface area contributed by atoms with Crippen LogP contribution < -0.4 is 9.47 Å². The summed E-state index contributed by atoms with van der Waals surface area (Å²) >= 11 is 0. The van der Waals surface area contributed by atoms with E-state index in [1.807, 2.05) is 66.7 Å². The quantitative estimate of drug-likeness (QED) is 0.332. The Kier molecular flexibility index (Phi) is 7.70. The van der Waals surface area contributed by atoms with Gasteiger partial charge in [-0.2, -0.15) is 0 Å². The summed E-state index contributed by atoms with van der Waals surface area (Å²) in [7, 11) is 1.54. The lowest BCUT2D eigenvalue weighted by molar-refractivity contribution is 0.210. The van der Waals surface area contributed by atoms with E-state index in [4.69, 9.17) is 14.3 Å². The summed E-state index contributed by atoms with van der Waals surface area (Å²) in [6, 6.07) is 26.1. The molecule has 0 atom stereocenters. The topological polar surface area (TPSA) is 40.0 Å². The number of hydrogen-bond acceptors (Lipinski definition) is 4. The lowest BCUT2D eigenvalue weighted by atomic mass is 10.1. The van der Waals surface area contributed by atoms with Crippen molar-refractivity contribution >= 4 is 5.71 Å². The van der Waals surface area contributed by atoms with Crippen LogP contribution in [0, 0.1) is 0 Å². The van der Waals surface area contributed by atoms with Crippen LogP contribution in [0.25, 0.3) is 0 Å². The van der Waals surface area contributed by atoms with Crippen molar-refractivity contribution in [1.29, 1.82) is 0 Å². The van der Waals surface area contributed by atoms with Crippen molar-refractivity contribution in [2.24, 2.45) is 5.16 Å². The molecule has 0 unspecified atom stereocenters. The zero-order chi connectivity index (χ0) is 20.3. The van der Waals surface area contributed by atoms with Gasteiger partial charge in [-0.05, 0) is 41.8 Å². The number of aryl methyl sites for hydroxylation is 1. The molecule has 0 saturated carbocycles. The second-order valence-corrected chi connectivity index (χ2v) is 6.70. The van der Waals surface area contributed by atoms with Crippen LogP contribution in [-0.2, 0) is 17.9 Å². The van der Waals surface area contributed by atoms with E-state index < -0.39 is 0 Å². The van der Waals surface area contributed by atoms with E-state index in [9.17, 15) is 0 Å². The first-order chi connectivity index (χ1) is 14.3. The Bertz CT molecular complexity index is 888. The molecule has 29 heavy (non-hydrogen) atoms. The van der Waals surface area contributed by atoms with Gasteiger partial charge < -0.3 is 14.3 Å². The van der Waals surface area contributed by atoms with Gasteiger partial charge in [-0.1, -0.05) is 73.1 Å². The van der Waals surface area contributed by atoms with Gasteiger partial charge in [0.05, 0.1) is 0 Å². The first-order valence-corrected chi connectivity index (χ1v) is 9.87. The highest BCUT2D eigenvalue weighted by Gasteiger charge is 2.06. The molecule has 0 aliphatic carbocycles. The van der Waals surface area contributed by atoms with Crippen molar-refractivity contribution < 1.29 is 14.3 Å². The van der Waals surface area contributed by atoms with Gasteiger partial charge in [0, 0.05) is 5.56 Å². The fourth-order valence-corrected chi connectivity index (χ4v) is 2.94. The molecule has 0 spiro atoms. The molecule has 0 N–H and O–H groups in total. The largest absolute Gasteiger partial charge is 0.489 e. The molecule has 4 nitrogen and oxygen atoms in total. The molecule has 3 rings (SSSR count). The molecule has 0 fully saturated rings. The van der Waals surface area contributed by atoms with Crippen LogP contribution in [0.15, 0.2) is 84.0 Å².